The summed E-state index contributed by atoms with van der Waals surface area (Å²) in [5, 5.41) is 14.9. The van der Waals surface area contributed by atoms with Gasteiger partial charge in [-0.2, -0.15) is 0 Å². The first-order valence-electron chi connectivity index (χ1n) is 7.09. The van der Waals surface area contributed by atoms with E-state index in [2.05, 4.69) is 10.6 Å². The molecule has 5 nitrogen and oxygen atoms in total. The Morgan fingerprint density at radius 1 is 1.04 bits per heavy atom. The maximum atomic E-state index is 12.1. The zero-order valence-corrected chi connectivity index (χ0v) is 13.3. The molecule has 0 aliphatic carbocycles. The number of aliphatic hydroxyl groups excluding tert-OH is 1. The molecule has 2 aromatic rings. The Bertz CT molecular complexity index is 699. The lowest BCUT2D eigenvalue weighted by Gasteiger charge is -2.09. The first-order chi connectivity index (χ1) is 11.0. The average molecular weight is 333 g/mol. The molecular weight excluding hydrogens is 316 g/mol. The summed E-state index contributed by atoms with van der Waals surface area (Å²) >= 11 is 5.98. The number of benzene rings is 2. The molecule has 0 bridgehead atoms. The predicted molar refractivity (Wildman–Crippen MR) is 90.8 cm³/mol. The van der Waals surface area contributed by atoms with Crippen molar-refractivity contribution < 1.29 is 14.7 Å². The summed E-state index contributed by atoms with van der Waals surface area (Å²) in [4.78, 5) is 23.7. The van der Waals surface area contributed by atoms with E-state index in [1.54, 1.807) is 55.5 Å². The van der Waals surface area contributed by atoms with Gasteiger partial charge in [0, 0.05) is 11.4 Å². The minimum absolute atomic E-state index is 0.0327. The van der Waals surface area contributed by atoms with Crippen LogP contribution in [0.2, 0.25) is 5.02 Å². The SMILES string of the molecule is CC(O)CC(=O)Nc1ccc(NC(=O)c2ccccc2Cl)cc1. The molecule has 0 fully saturated rings. The number of hydrogen-bond donors (Lipinski definition) is 3. The fraction of sp³-hybridized carbons (Fsp3) is 0.176. The molecule has 0 aliphatic heterocycles. The van der Waals surface area contributed by atoms with Crippen molar-refractivity contribution >= 4 is 34.8 Å². The predicted octanol–water partition coefficient (Wildman–Crippen LogP) is 3.30. The van der Waals surface area contributed by atoms with Crippen molar-refractivity contribution in [1.29, 1.82) is 0 Å². The molecule has 23 heavy (non-hydrogen) atoms. The molecule has 2 aromatic carbocycles. The fourth-order valence-corrected chi connectivity index (χ4v) is 2.18. The Labute approximate surface area is 139 Å². The van der Waals surface area contributed by atoms with Crippen LogP contribution >= 0.6 is 11.6 Å². The highest BCUT2D eigenvalue weighted by Crippen LogP contribution is 2.18. The Balaban J connectivity index is 1.99. The molecule has 6 heteroatoms. The topological polar surface area (TPSA) is 78.4 Å². The summed E-state index contributed by atoms with van der Waals surface area (Å²) < 4.78 is 0. The van der Waals surface area contributed by atoms with Gasteiger partial charge in [0.2, 0.25) is 5.91 Å². The van der Waals surface area contributed by atoms with Gasteiger partial charge in [-0.05, 0) is 43.3 Å². The van der Waals surface area contributed by atoms with Crippen molar-refractivity contribution in [3.8, 4) is 0 Å². The summed E-state index contributed by atoms with van der Waals surface area (Å²) in [5.74, 6) is -0.575. The van der Waals surface area contributed by atoms with Gasteiger partial charge in [-0.1, -0.05) is 23.7 Å². The van der Waals surface area contributed by atoms with Gasteiger partial charge in [-0.3, -0.25) is 9.59 Å². The number of amides is 2. The monoisotopic (exact) mass is 332 g/mol. The molecule has 0 aliphatic rings. The van der Waals surface area contributed by atoms with E-state index in [0.29, 0.717) is 22.0 Å². The van der Waals surface area contributed by atoms with Crippen LogP contribution in [0.5, 0.6) is 0 Å². The normalized spacial score (nSPS) is 11.6. The van der Waals surface area contributed by atoms with Crippen LogP contribution in [0.3, 0.4) is 0 Å². The van der Waals surface area contributed by atoms with E-state index in [1.165, 1.54) is 0 Å². The second-order valence-corrected chi connectivity index (χ2v) is 5.52. The summed E-state index contributed by atoms with van der Waals surface area (Å²) in [7, 11) is 0. The van der Waals surface area contributed by atoms with E-state index in [1.807, 2.05) is 0 Å². The van der Waals surface area contributed by atoms with E-state index >= 15 is 0 Å². The number of nitrogens with one attached hydrogen (secondary N) is 2. The van der Waals surface area contributed by atoms with E-state index in [9.17, 15) is 9.59 Å². The maximum Gasteiger partial charge on any atom is 0.257 e. The van der Waals surface area contributed by atoms with Crippen LogP contribution in [-0.2, 0) is 4.79 Å². The highest BCUT2D eigenvalue weighted by atomic mass is 35.5. The number of carbonyl (C=O) groups is 2. The minimum atomic E-state index is -0.691. The second kappa shape index (κ2) is 7.76. The summed E-state index contributed by atoms with van der Waals surface area (Å²) in [6, 6.07) is 13.5. The zero-order chi connectivity index (χ0) is 16.8. The molecule has 0 heterocycles. The van der Waals surface area contributed by atoms with Gasteiger partial charge in [0.1, 0.15) is 0 Å². The smallest absolute Gasteiger partial charge is 0.257 e. The summed E-state index contributed by atoms with van der Waals surface area (Å²) in [6.07, 6.45) is -0.658. The van der Waals surface area contributed by atoms with Gasteiger partial charge in [0.25, 0.3) is 5.91 Å². The molecule has 3 N–H and O–H groups in total. The Kier molecular flexibility index (Phi) is 5.73. The first-order valence-corrected chi connectivity index (χ1v) is 7.47. The molecule has 0 aromatic heterocycles. The maximum absolute atomic E-state index is 12.1. The molecular formula is C17H17ClN2O3. The third-order valence-electron chi connectivity index (χ3n) is 3.03. The number of halogens is 1. The van der Waals surface area contributed by atoms with Crippen molar-refractivity contribution in [3.05, 3.63) is 59.1 Å². The highest BCUT2D eigenvalue weighted by molar-refractivity contribution is 6.34. The summed E-state index contributed by atoms with van der Waals surface area (Å²) in [6.45, 7) is 1.55. The van der Waals surface area contributed by atoms with Crippen molar-refractivity contribution in [2.45, 2.75) is 19.4 Å². The minimum Gasteiger partial charge on any atom is -0.393 e. The van der Waals surface area contributed by atoms with Crippen LogP contribution in [0, 0.1) is 0 Å². The molecule has 1 atom stereocenters. The Hall–Kier alpha value is -2.37. The van der Waals surface area contributed by atoms with Crippen LogP contribution in [0.4, 0.5) is 11.4 Å². The molecule has 2 amide bonds. The second-order valence-electron chi connectivity index (χ2n) is 5.11. The molecule has 0 radical (unpaired) electrons. The van der Waals surface area contributed by atoms with Gasteiger partial charge < -0.3 is 15.7 Å². The van der Waals surface area contributed by atoms with Crippen LogP contribution in [0.15, 0.2) is 48.5 Å². The number of anilines is 2. The van der Waals surface area contributed by atoms with Crippen LogP contribution in [0.25, 0.3) is 0 Å². The molecule has 1 unspecified atom stereocenters. The van der Waals surface area contributed by atoms with Crippen LogP contribution < -0.4 is 10.6 Å². The number of rotatable bonds is 5. The lowest BCUT2D eigenvalue weighted by molar-refractivity contribution is -0.117. The van der Waals surface area contributed by atoms with Gasteiger partial charge in [0.05, 0.1) is 23.1 Å². The van der Waals surface area contributed by atoms with Crippen LogP contribution in [-0.4, -0.2) is 23.0 Å². The standard InChI is InChI=1S/C17H17ClN2O3/c1-11(21)10-16(22)19-12-6-8-13(9-7-12)20-17(23)14-4-2-3-5-15(14)18/h2-9,11,21H,10H2,1H3,(H,19,22)(H,20,23). The Morgan fingerprint density at radius 2 is 1.61 bits per heavy atom. The van der Waals surface area contributed by atoms with Gasteiger partial charge in [-0.25, -0.2) is 0 Å². The first kappa shape index (κ1) is 17.0. The summed E-state index contributed by atoms with van der Waals surface area (Å²) in [5.41, 5.74) is 1.57. The number of hydrogen-bond acceptors (Lipinski definition) is 3. The van der Waals surface area contributed by atoms with E-state index < -0.39 is 6.10 Å². The van der Waals surface area contributed by atoms with Gasteiger partial charge in [0.15, 0.2) is 0 Å². The largest absolute Gasteiger partial charge is 0.393 e. The van der Waals surface area contributed by atoms with E-state index in [-0.39, 0.29) is 18.2 Å². The highest BCUT2D eigenvalue weighted by Gasteiger charge is 2.10. The molecule has 120 valence electrons. The van der Waals surface area contributed by atoms with Crippen LogP contribution in [0.1, 0.15) is 23.7 Å². The van der Waals surface area contributed by atoms with E-state index in [0.717, 1.165) is 0 Å². The molecule has 0 saturated carbocycles. The van der Waals surface area contributed by atoms with E-state index in [4.69, 9.17) is 16.7 Å². The van der Waals surface area contributed by atoms with Gasteiger partial charge >= 0.3 is 0 Å². The van der Waals surface area contributed by atoms with Gasteiger partial charge in [-0.15, -0.1) is 0 Å². The molecule has 0 spiro atoms. The van der Waals surface area contributed by atoms with Crippen molar-refractivity contribution in [2.24, 2.45) is 0 Å². The molecule has 0 saturated heterocycles. The third kappa shape index (κ3) is 5.09. The quantitative estimate of drug-likeness (QED) is 0.786. The average Bonchev–Trinajstić information content (AvgIpc) is 2.48. The van der Waals surface area contributed by atoms with Crippen molar-refractivity contribution in [1.82, 2.24) is 0 Å². The molecule has 2 rings (SSSR count). The zero-order valence-electron chi connectivity index (χ0n) is 12.5. The number of aliphatic hydroxyl groups is 1. The third-order valence-corrected chi connectivity index (χ3v) is 3.36. The number of carbonyl (C=O) groups excluding carboxylic acids is 2. The lowest BCUT2D eigenvalue weighted by Crippen LogP contribution is -2.17. The van der Waals surface area contributed by atoms with Crippen molar-refractivity contribution in [2.75, 3.05) is 10.6 Å². The van der Waals surface area contributed by atoms with Crippen molar-refractivity contribution in [3.63, 3.8) is 0 Å². The lowest BCUT2D eigenvalue weighted by atomic mass is 10.2. The Morgan fingerprint density at radius 3 is 2.17 bits per heavy atom. The fourth-order valence-electron chi connectivity index (χ4n) is 1.96.